The summed E-state index contributed by atoms with van der Waals surface area (Å²) < 4.78 is 15.0. The first kappa shape index (κ1) is 18.8. The fourth-order valence-electron chi connectivity index (χ4n) is 5.46. The number of anilines is 1. The number of rotatable bonds is 3. The van der Waals surface area contributed by atoms with E-state index in [0.29, 0.717) is 11.7 Å². The fraction of sp³-hybridized carbons (Fsp3) is 0.360. The average molecular weight is 415 g/mol. The number of aromatic nitrogens is 3. The lowest BCUT2D eigenvalue weighted by Gasteiger charge is -2.24. The smallest absolute Gasteiger partial charge is 0.163 e. The van der Waals surface area contributed by atoms with Gasteiger partial charge in [0.15, 0.2) is 5.79 Å². The lowest BCUT2D eigenvalue weighted by Crippen LogP contribution is -2.27. The summed E-state index contributed by atoms with van der Waals surface area (Å²) in [5, 5.41) is 3.43. The van der Waals surface area contributed by atoms with Crippen molar-refractivity contribution in [3.8, 4) is 0 Å². The Morgan fingerprint density at radius 2 is 1.84 bits per heavy atom. The molecule has 3 heterocycles. The number of ether oxygens (including phenoxy) is 2. The molecule has 2 aliphatic rings. The summed E-state index contributed by atoms with van der Waals surface area (Å²) in [5.74, 6) is 0.275. The van der Waals surface area contributed by atoms with Crippen LogP contribution in [0.4, 0.5) is 5.82 Å². The molecule has 2 aromatic heterocycles. The molecule has 1 saturated carbocycles. The Balaban J connectivity index is 1.35. The topological polar surface area (TPSA) is 75.2 Å². The minimum Gasteiger partial charge on any atom is -0.383 e. The molecule has 4 atom stereocenters. The summed E-state index contributed by atoms with van der Waals surface area (Å²) in [6, 6.07) is 17.4. The zero-order valence-corrected chi connectivity index (χ0v) is 17.7. The van der Waals surface area contributed by atoms with Crippen molar-refractivity contribution in [3.05, 3.63) is 66.6 Å². The van der Waals surface area contributed by atoms with Gasteiger partial charge in [0, 0.05) is 6.20 Å². The molecule has 158 valence electrons. The van der Waals surface area contributed by atoms with Crippen molar-refractivity contribution in [2.24, 2.45) is 5.92 Å². The molecule has 0 amide bonds. The molecular formula is C25H26N4O2. The Hall–Kier alpha value is -2.96. The molecule has 2 fully saturated rings. The Labute approximate surface area is 181 Å². The van der Waals surface area contributed by atoms with Crippen LogP contribution in [0.25, 0.3) is 21.8 Å². The van der Waals surface area contributed by atoms with E-state index in [1.807, 2.05) is 19.9 Å². The van der Waals surface area contributed by atoms with Gasteiger partial charge < -0.3 is 19.8 Å². The molecule has 6 heteroatoms. The van der Waals surface area contributed by atoms with Crippen molar-refractivity contribution >= 4 is 27.6 Å². The Bertz CT molecular complexity index is 1280. The molecule has 0 spiro atoms. The van der Waals surface area contributed by atoms with Gasteiger partial charge >= 0.3 is 0 Å². The second-order valence-electron chi connectivity index (χ2n) is 9.23. The van der Waals surface area contributed by atoms with Gasteiger partial charge in [0.2, 0.25) is 0 Å². The van der Waals surface area contributed by atoms with Crippen LogP contribution in [0.15, 0.2) is 61.1 Å². The van der Waals surface area contributed by atoms with E-state index in [4.69, 9.17) is 15.2 Å². The van der Waals surface area contributed by atoms with Crippen LogP contribution in [0.2, 0.25) is 0 Å². The van der Waals surface area contributed by atoms with Gasteiger partial charge in [0.05, 0.1) is 17.5 Å². The Kier molecular flexibility index (Phi) is 4.10. The Morgan fingerprint density at radius 3 is 2.71 bits per heavy atom. The number of fused-ring (bicyclic) bond motifs is 3. The van der Waals surface area contributed by atoms with Crippen LogP contribution in [0, 0.1) is 5.92 Å². The first-order chi connectivity index (χ1) is 15.0. The van der Waals surface area contributed by atoms with Crippen molar-refractivity contribution in [1.29, 1.82) is 0 Å². The van der Waals surface area contributed by atoms with Gasteiger partial charge in [-0.25, -0.2) is 9.97 Å². The third kappa shape index (κ3) is 3.09. The van der Waals surface area contributed by atoms with Gasteiger partial charge in [-0.3, -0.25) is 0 Å². The van der Waals surface area contributed by atoms with Crippen molar-refractivity contribution in [3.63, 3.8) is 0 Å². The molecule has 1 aliphatic carbocycles. The third-order valence-corrected chi connectivity index (χ3v) is 6.76. The molecule has 1 aliphatic heterocycles. The minimum absolute atomic E-state index is 0.0211. The van der Waals surface area contributed by atoms with Gasteiger partial charge in [0.25, 0.3) is 0 Å². The molecular weight excluding hydrogens is 388 g/mol. The zero-order valence-electron chi connectivity index (χ0n) is 17.7. The molecule has 0 unspecified atom stereocenters. The van der Waals surface area contributed by atoms with Crippen LogP contribution < -0.4 is 5.73 Å². The largest absolute Gasteiger partial charge is 0.383 e. The molecule has 0 radical (unpaired) electrons. The van der Waals surface area contributed by atoms with Crippen LogP contribution in [0.1, 0.15) is 31.9 Å². The van der Waals surface area contributed by atoms with Crippen molar-refractivity contribution in [2.45, 2.75) is 50.7 Å². The highest BCUT2D eigenvalue weighted by Gasteiger charge is 2.54. The SMILES string of the molecule is CC1(C)O[C@@H]2[C@@H](Cc3ccc4ccccc4c3)C[C@@H](n3ccc4c(N)ncnc43)[C@@H]2O1. The van der Waals surface area contributed by atoms with Crippen LogP contribution >= 0.6 is 0 Å². The number of nitrogens with zero attached hydrogens (tertiary/aromatic N) is 3. The first-order valence-electron chi connectivity index (χ1n) is 10.9. The molecule has 6 rings (SSSR count). The van der Waals surface area contributed by atoms with E-state index in [0.717, 1.165) is 23.9 Å². The third-order valence-electron chi connectivity index (χ3n) is 6.76. The molecule has 6 nitrogen and oxygen atoms in total. The van der Waals surface area contributed by atoms with E-state index in [-0.39, 0.29) is 18.2 Å². The average Bonchev–Trinajstić information content (AvgIpc) is 3.40. The fourth-order valence-corrected chi connectivity index (χ4v) is 5.46. The lowest BCUT2D eigenvalue weighted by atomic mass is 9.94. The molecule has 1 saturated heterocycles. The standard InChI is InChI=1S/C25H26N4O2/c1-25(2)30-21-18(12-15-7-8-16-5-3-4-6-17(16)11-15)13-20(22(21)31-25)29-10-9-19-23(26)27-14-28-24(19)29/h3-11,14,18,20-22H,12-13H2,1-2H3,(H2,26,27,28)/t18-,20+,21+,22-/m0/s1. The number of hydrogen-bond acceptors (Lipinski definition) is 5. The number of hydrogen-bond donors (Lipinski definition) is 1. The van der Waals surface area contributed by atoms with Crippen LogP contribution in [-0.4, -0.2) is 32.5 Å². The maximum atomic E-state index is 6.42. The van der Waals surface area contributed by atoms with Crippen LogP contribution in [0.5, 0.6) is 0 Å². The lowest BCUT2D eigenvalue weighted by molar-refractivity contribution is -0.160. The van der Waals surface area contributed by atoms with Crippen molar-refractivity contribution < 1.29 is 9.47 Å². The van der Waals surface area contributed by atoms with Gasteiger partial charge in [-0.05, 0) is 55.0 Å². The summed E-state index contributed by atoms with van der Waals surface area (Å²) in [6.45, 7) is 4.01. The molecule has 2 aromatic carbocycles. The van der Waals surface area contributed by atoms with Gasteiger partial charge in [0.1, 0.15) is 23.9 Å². The molecule has 4 aromatic rings. The predicted octanol–water partition coefficient (Wildman–Crippen LogP) is 4.49. The predicted molar refractivity (Wildman–Crippen MR) is 121 cm³/mol. The quantitative estimate of drug-likeness (QED) is 0.535. The number of nitrogen functional groups attached to an aromatic ring is 1. The van der Waals surface area contributed by atoms with Crippen molar-refractivity contribution in [2.75, 3.05) is 5.73 Å². The highest BCUT2D eigenvalue weighted by atomic mass is 16.8. The highest BCUT2D eigenvalue weighted by Crippen LogP contribution is 2.48. The maximum absolute atomic E-state index is 6.42. The number of benzene rings is 2. The second-order valence-corrected chi connectivity index (χ2v) is 9.23. The highest BCUT2D eigenvalue weighted by molar-refractivity contribution is 5.86. The number of nitrogens with two attached hydrogens (primary N) is 1. The van der Waals surface area contributed by atoms with Gasteiger partial charge in [-0.1, -0.05) is 42.5 Å². The molecule has 2 N–H and O–H groups in total. The summed E-state index contributed by atoms with van der Waals surface area (Å²) in [6.07, 6.45) is 5.54. The maximum Gasteiger partial charge on any atom is 0.163 e. The monoisotopic (exact) mass is 414 g/mol. The summed E-state index contributed by atoms with van der Waals surface area (Å²) in [7, 11) is 0. The second kappa shape index (κ2) is 6.77. The van der Waals surface area contributed by atoms with E-state index in [9.17, 15) is 0 Å². The molecule has 0 bridgehead atoms. The van der Waals surface area contributed by atoms with Gasteiger partial charge in [-0.15, -0.1) is 0 Å². The van der Waals surface area contributed by atoms with E-state index in [2.05, 4.69) is 63.2 Å². The summed E-state index contributed by atoms with van der Waals surface area (Å²) >= 11 is 0. The zero-order chi connectivity index (χ0) is 21.2. The van der Waals surface area contributed by atoms with E-state index >= 15 is 0 Å². The van der Waals surface area contributed by atoms with Crippen LogP contribution in [0.3, 0.4) is 0 Å². The molecule has 31 heavy (non-hydrogen) atoms. The first-order valence-corrected chi connectivity index (χ1v) is 10.9. The van der Waals surface area contributed by atoms with E-state index in [1.165, 1.54) is 22.7 Å². The van der Waals surface area contributed by atoms with Crippen LogP contribution in [-0.2, 0) is 15.9 Å². The summed E-state index contributed by atoms with van der Waals surface area (Å²) in [4.78, 5) is 8.65. The van der Waals surface area contributed by atoms with Crippen molar-refractivity contribution in [1.82, 2.24) is 14.5 Å². The Morgan fingerprint density at radius 1 is 1.03 bits per heavy atom. The summed E-state index contributed by atoms with van der Waals surface area (Å²) in [5.41, 5.74) is 8.26. The normalized spacial score (nSPS) is 27.2. The minimum atomic E-state index is -0.591. The van der Waals surface area contributed by atoms with Gasteiger partial charge in [-0.2, -0.15) is 0 Å². The van der Waals surface area contributed by atoms with E-state index < -0.39 is 5.79 Å². The van der Waals surface area contributed by atoms with E-state index in [1.54, 1.807) is 0 Å².